The fourth-order valence-corrected chi connectivity index (χ4v) is 7.91. The summed E-state index contributed by atoms with van der Waals surface area (Å²) in [5.74, 6) is 0. The van der Waals surface area contributed by atoms with E-state index in [-0.39, 0.29) is 0 Å². The molecule has 0 aliphatic rings. The zero-order valence-corrected chi connectivity index (χ0v) is 27.6. The fourth-order valence-electron chi connectivity index (χ4n) is 7.91. The lowest BCUT2D eigenvalue weighted by Gasteiger charge is -2.16. The Labute approximate surface area is 295 Å². The molecule has 0 N–H and O–H groups in total. The van der Waals surface area contributed by atoms with Crippen LogP contribution in [-0.4, -0.2) is 9.55 Å². The third-order valence-electron chi connectivity index (χ3n) is 10.3. The normalized spacial score (nSPS) is 11.5. The van der Waals surface area contributed by atoms with Gasteiger partial charge in [-0.3, -0.25) is 4.98 Å². The van der Waals surface area contributed by atoms with Crippen LogP contribution in [0.2, 0.25) is 0 Å². The third kappa shape index (κ3) is 4.62. The third-order valence-corrected chi connectivity index (χ3v) is 10.3. The van der Waals surface area contributed by atoms with Crippen molar-refractivity contribution >= 4 is 59.8 Å². The van der Waals surface area contributed by atoms with Gasteiger partial charge in [0.2, 0.25) is 0 Å². The lowest BCUT2D eigenvalue weighted by molar-refractivity contribution is 1.18. The summed E-state index contributed by atoms with van der Waals surface area (Å²) in [6.45, 7) is 7.66. The summed E-state index contributed by atoms with van der Waals surface area (Å²) in [6, 6.07) is 58.5. The minimum absolute atomic E-state index is 0.646. The first-order valence-corrected chi connectivity index (χ1v) is 17.1. The van der Waals surface area contributed by atoms with Gasteiger partial charge < -0.3 is 4.57 Å². The van der Waals surface area contributed by atoms with Crippen molar-refractivity contribution in [1.82, 2.24) is 9.55 Å². The minimum atomic E-state index is 0.646. The van der Waals surface area contributed by atoms with Crippen molar-refractivity contribution in [2.75, 3.05) is 0 Å². The summed E-state index contributed by atoms with van der Waals surface area (Å²) in [4.78, 5) is 8.17. The minimum Gasteiger partial charge on any atom is -0.309 e. The van der Waals surface area contributed by atoms with Crippen molar-refractivity contribution in [2.24, 2.45) is 0 Å². The van der Waals surface area contributed by atoms with Crippen molar-refractivity contribution in [3.8, 4) is 39.1 Å². The lowest BCUT2D eigenvalue weighted by atomic mass is 9.88. The SMILES string of the molecule is [C-]#[N+]c1ccc2c(c1)c1cc(-c3ccc(-c4cc5c6ccccc6c(-c6cccnc6)cc5c5ccccc45)cc3)ccc1n2-c1ccccc1. The molecular weight excluding hydrogens is 619 g/mol. The largest absolute Gasteiger partial charge is 0.309 e. The zero-order valence-electron chi connectivity index (χ0n) is 27.6. The van der Waals surface area contributed by atoms with Crippen LogP contribution in [0.4, 0.5) is 5.69 Å². The predicted molar refractivity (Wildman–Crippen MR) is 214 cm³/mol. The quantitative estimate of drug-likeness (QED) is 0.138. The molecule has 10 rings (SSSR count). The van der Waals surface area contributed by atoms with Crippen molar-refractivity contribution in [3.63, 3.8) is 0 Å². The van der Waals surface area contributed by atoms with Gasteiger partial charge in [0.1, 0.15) is 0 Å². The molecule has 0 radical (unpaired) electrons. The molecule has 2 heterocycles. The van der Waals surface area contributed by atoms with E-state index in [1.54, 1.807) is 0 Å². The Bertz CT molecular complexity index is 3000. The van der Waals surface area contributed by atoms with Gasteiger partial charge in [0.05, 0.1) is 17.6 Å². The van der Waals surface area contributed by atoms with Crippen LogP contribution in [0.25, 0.3) is 98.0 Å². The highest BCUT2D eigenvalue weighted by molar-refractivity contribution is 6.24. The molecular formula is C48H29N3. The number of hydrogen-bond acceptors (Lipinski definition) is 1. The van der Waals surface area contributed by atoms with E-state index in [4.69, 9.17) is 6.57 Å². The number of aromatic nitrogens is 2. The topological polar surface area (TPSA) is 22.2 Å². The smallest absolute Gasteiger partial charge is 0.188 e. The van der Waals surface area contributed by atoms with Gasteiger partial charge in [-0.15, -0.1) is 0 Å². The van der Waals surface area contributed by atoms with Crippen LogP contribution in [-0.2, 0) is 0 Å². The molecule has 0 aliphatic carbocycles. The molecule has 236 valence electrons. The van der Waals surface area contributed by atoms with Gasteiger partial charge in [-0.05, 0) is 120 Å². The molecule has 0 atom stereocenters. The Kier molecular flexibility index (Phi) is 6.56. The van der Waals surface area contributed by atoms with E-state index in [9.17, 15) is 0 Å². The highest BCUT2D eigenvalue weighted by atomic mass is 15.0. The molecule has 3 nitrogen and oxygen atoms in total. The first kappa shape index (κ1) is 28.9. The molecule has 8 aromatic carbocycles. The highest BCUT2D eigenvalue weighted by Crippen LogP contribution is 2.42. The Morgan fingerprint density at radius 1 is 0.412 bits per heavy atom. The molecule has 2 aromatic heterocycles. The summed E-state index contributed by atoms with van der Waals surface area (Å²) in [5, 5.41) is 9.65. The molecule has 0 unspecified atom stereocenters. The Morgan fingerprint density at radius 2 is 0.980 bits per heavy atom. The second kappa shape index (κ2) is 11.6. The van der Waals surface area contributed by atoms with Crippen molar-refractivity contribution < 1.29 is 0 Å². The summed E-state index contributed by atoms with van der Waals surface area (Å²) >= 11 is 0. The number of pyridine rings is 1. The average Bonchev–Trinajstić information content (AvgIpc) is 3.54. The summed E-state index contributed by atoms with van der Waals surface area (Å²) in [6.07, 6.45) is 3.78. The number of rotatable bonds is 4. The molecule has 0 amide bonds. The zero-order chi connectivity index (χ0) is 33.9. The van der Waals surface area contributed by atoms with Gasteiger partial charge in [-0.1, -0.05) is 109 Å². The van der Waals surface area contributed by atoms with E-state index in [1.165, 1.54) is 49.0 Å². The molecule has 3 heteroatoms. The summed E-state index contributed by atoms with van der Waals surface area (Å²) in [5.41, 5.74) is 11.0. The predicted octanol–water partition coefficient (Wildman–Crippen LogP) is 13.2. The Morgan fingerprint density at radius 3 is 1.63 bits per heavy atom. The molecule has 51 heavy (non-hydrogen) atoms. The van der Waals surface area contributed by atoms with Gasteiger partial charge in [-0.25, -0.2) is 4.85 Å². The second-order valence-corrected chi connectivity index (χ2v) is 13.1. The van der Waals surface area contributed by atoms with Crippen LogP contribution in [0, 0.1) is 6.57 Å². The Balaban J connectivity index is 1.13. The van der Waals surface area contributed by atoms with Gasteiger partial charge in [-0.2, -0.15) is 0 Å². The van der Waals surface area contributed by atoms with E-state index in [0.717, 1.165) is 44.2 Å². The summed E-state index contributed by atoms with van der Waals surface area (Å²) < 4.78 is 2.29. The van der Waals surface area contributed by atoms with Crippen molar-refractivity contribution in [2.45, 2.75) is 0 Å². The van der Waals surface area contributed by atoms with Crippen molar-refractivity contribution in [1.29, 1.82) is 0 Å². The van der Waals surface area contributed by atoms with E-state index in [0.29, 0.717) is 5.69 Å². The first-order valence-electron chi connectivity index (χ1n) is 17.1. The van der Waals surface area contributed by atoms with Gasteiger partial charge in [0.25, 0.3) is 0 Å². The molecule has 0 fully saturated rings. The number of nitrogens with zero attached hydrogens (tertiary/aromatic N) is 3. The van der Waals surface area contributed by atoms with Crippen molar-refractivity contribution in [3.05, 3.63) is 188 Å². The molecule has 0 bridgehead atoms. The average molecular weight is 648 g/mol. The van der Waals surface area contributed by atoms with E-state index in [2.05, 4.69) is 154 Å². The van der Waals surface area contributed by atoms with Crippen LogP contribution < -0.4 is 0 Å². The standard InChI is InChI=1S/C48H29N3/c1-49-35-22-24-48-46(27-35)45-26-33(21-23-47(45)51(48)36-11-3-2-4-12-36)31-17-19-32(20-18-31)41-28-43-40-16-8-6-14-38(40)42(34-10-9-25-50-30-34)29-44(43)39-15-7-5-13-37(39)41/h2-30H. The maximum atomic E-state index is 7.66. The van der Waals surface area contributed by atoms with Gasteiger partial charge in [0, 0.05) is 29.0 Å². The van der Waals surface area contributed by atoms with Crippen LogP contribution in [0.1, 0.15) is 0 Å². The van der Waals surface area contributed by atoms with Crippen LogP contribution in [0.5, 0.6) is 0 Å². The van der Waals surface area contributed by atoms with Crippen LogP contribution in [0.3, 0.4) is 0 Å². The number of hydrogen-bond donors (Lipinski definition) is 0. The van der Waals surface area contributed by atoms with Crippen LogP contribution >= 0.6 is 0 Å². The maximum absolute atomic E-state index is 7.66. The van der Waals surface area contributed by atoms with Gasteiger partial charge in [0.15, 0.2) is 5.69 Å². The highest BCUT2D eigenvalue weighted by Gasteiger charge is 2.16. The lowest BCUT2D eigenvalue weighted by Crippen LogP contribution is -1.92. The van der Waals surface area contributed by atoms with Gasteiger partial charge >= 0.3 is 0 Å². The molecule has 0 saturated heterocycles. The van der Waals surface area contributed by atoms with Crippen LogP contribution in [0.15, 0.2) is 176 Å². The van der Waals surface area contributed by atoms with E-state index in [1.807, 2.05) is 36.7 Å². The molecule has 10 aromatic rings. The summed E-state index contributed by atoms with van der Waals surface area (Å²) in [7, 11) is 0. The monoisotopic (exact) mass is 647 g/mol. The number of benzene rings is 8. The first-order chi connectivity index (χ1) is 25.2. The fraction of sp³-hybridized carbons (Fsp3) is 0. The molecule has 0 saturated carbocycles. The number of para-hydroxylation sites is 1. The van der Waals surface area contributed by atoms with E-state index < -0.39 is 0 Å². The maximum Gasteiger partial charge on any atom is 0.188 e. The Hall–Kier alpha value is -7.02. The number of fused-ring (bicyclic) bond motifs is 8. The second-order valence-electron chi connectivity index (χ2n) is 13.1. The molecule has 0 spiro atoms. The van der Waals surface area contributed by atoms with E-state index >= 15 is 0 Å². The molecule has 0 aliphatic heterocycles.